The zero-order chi connectivity index (χ0) is 21.8. The van der Waals surface area contributed by atoms with Crippen LogP contribution in [-0.2, 0) is 9.13 Å². The van der Waals surface area contributed by atoms with E-state index in [-0.39, 0.29) is 38.1 Å². The van der Waals surface area contributed by atoms with Gasteiger partial charge in [0.15, 0.2) is 14.4 Å². The van der Waals surface area contributed by atoms with Gasteiger partial charge in [0, 0.05) is 16.7 Å². The third kappa shape index (κ3) is 3.17. The molecule has 2 nitrogen and oxygen atoms in total. The Kier molecular flexibility index (Phi) is 5.64. The number of allylic oxidation sites excluding steroid dienone is 2. The van der Waals surface area contributed by atoms with Crippen LogP contribution in [0.15, 0.2) is 59.6 Å². The molecule has 151 valence electrons. The highest BCUT2D eigenvalue weighted by Crippen LogP contribution is 2.62. The molecular formula is C22H9Cl6O2. The van der Waals surface area contributed by atoms with Crippen molar-refractivity contribution in [1.82, 2.24) is 0 Å². The molecule has 3 aromatic carbocycles. The summed E-state index contributed by atoms with van der Waals surface area (Å²) in [6.07, 6.45) is 1.70. The molecule has 0 unspecified atom stereocenters. The smallest absolute Gasteiger partial charge is 0.235 e. The number of benzene rings is 3. The number of hydrogen-bond donors (Lipinski definition) is 0. The highest BCUT2D eigenvalue weighted by Gasteiger charge is 2.57. The number of carbonyl (C=O) groups is 1. The van der Waals surface area contributed by atoms with Crippen molar-refractivity contribution >= 4 is 98.0 Å². The highest BCUT2D eigenvalue weighted by atomic mass is 35.5. The van der Waals surface area contributed by atoms with E-state index in [0.29, 0.717) is 5.56 Å². The molecule has 4 rings (SSSR count). The lowest BCUT2D eigenvalue weighted by atomic mass is 9.87. The van der Waals surface area contributed by atoms with Crippen LogP contribution in [0.2, 0.25) is 5.02 Å². The molecule has 1 aliphatic rings. The number of hydrogen-bond acceptors (Lipinski definition) is 2. The maximum Gasteiger partial charge on any atom is 0.235 e. The molecule has 0 fully saturated rings. The number of fused-ring (bicyclic) bond motifs is 2. The third-order valence-electron chi connectivity index (χ3n) is 4.97. The summed E-state index contributed by atoms with van der Waals surface area (Å²) in [5.41, 5.74) is 0.646. The molecule has 30 heavy (non-hydrogen) atoms. The van der Waals surface area contributed by atoms with Gasteiger partial charge in [0.2, 0.25) is 6.29 Å². The standard InChI is InChI=1S/C22H9Cl6O2/c23-18-15(19(30)13-6-5-11-3-1-2-4-12(11)9-13)8-7-14-16(10-29)20(24)22(27,28)21(25,26)17(14)18/h1-9H. The van der Waals surface area contributed by atoms with Crippen molar-refractivity contribution in [2.24, 2.45) is 0 Å². The Hall–Kier alpha value is -1.26. The molecule has 0 N–H and O–H groups in total. The minimum absolute atomic E-state index is 0.0203. The molecule has 0 bridgehead atoms. The van der Waals surface area contributed by atoms with E-state index >= 15 is 0 Å². The Bertz CT molecular complexity index is 1260. The number of rotatable bonds is 3. The fraction of sp³-hybridized carbons (Fsp3) is 0.0909. The number of carbonyl (C=O) groups excluding carboxylic acids is 2. The van der Waals surface area contributed by atoms with E-state index in [1.807, 2.05) is 30.3 Å². The fourth-order valence-corrected chi connectivity index (χ4v) is 5.25. The lowest BCUT2D eigenvalue weighted by Gasteiger charge is -2.39. The first-order valence-electron chi connectivity index (χ1n) is 8.52. The van der Waals surface area contributed by atoms with Crippen molar-refractivity contribution < 1.29 is 9.59 Å². The largest absolute Gasteiger partial charge is 0.289 e. The molecule has 0 atom stereocenters. The van der Waals surface area contributed by atoms with E-state index in [1.54, 1.807) is 18.4 Å². The normalized spacial score (nSPS) is 17.0. The second kappa shape index (κ2) is 7.70. The molecule has 0 saturated heterocycles. The fourth-order valence-electron chi connectivity index (χ4n) is 3.42. The molecule has 0 aliphatic heterocycles. The molecule has 3 aromatic rings. The van der Waals surface area contributed by atoms with E-state index in [0.717, 1.165) is 10.8 Å². The second-order valence-electron chi connectivity index (χ2n) is 6.68. The van der Waals surface area contributed by atoms with Gasteiger partial charge in [0.1, 0.15) is 0 Å². The number of halogens is 6. The third-order valence-corrected chi connectivity index (χ3v) is 8.31. The monoisotopic (exact) mass is 515 g/mol. The summed E-state index contributed by atoms with van der Waals surface area (Å²) in [7, 11) is 0. The van der Waals surface area contributed by atoms with Crippen LogP contribution < -0.4 is 0 Å². The maximum atomic E-state index is 13.2. The van der Waals surface area contributed by atoms with Crippen LogP contribution in [0.1, 0.15) is 27.0 Å². The van der Waals surface area contributed by atoms with Crippen molar-refractivity contribution in [2.75, 3.05) is 0 Å². The van der Waals surface area contributed by atoms with Gasteiger partial charge >= 0.3 is 0 Å². The molecule has 0 saturated carbocycles. The van der Waals surface area contributed by atoms with Gasteiger partial charge in [0.25, 0.3) is 0 Å². The van der Waals surface area contributed by atoms with Crippen LogP contribution in [-0.4, -0.2) is 16.4 Å². The Morgan fingerprint density at radius 2 is 1.50 bits per heavy atom. The van der Waals surface area contributed by atoms with Crippen molar-refractivity contribution in [3.63, 3.8) is 0 Å². The van der Waals surface area contributed by atoms with Gasteiger partial charge in [-0.3, -0.25) is 9.59 Å². The van der Waals surface area contributed by atoms with Crippen LogP contribution in [0.5, 0.6) is 0 Å². The van der Waals surface area contributed by atoms with Gasteiger partial charge in [-0.15, -0.1) is 0 Å². The minimum Gasteiger partial charge on any atom is -0.289 e. The predicted molar refractivity (Wildman–Crippen MR) is 125 cm³/mol. The summed E-state index contributed by atoms with van der Waals surface area (Å²) in [5, 5.41) is 1.54. The van der Waals surface area contributed by atoms with E-state index in [2.05, 4.69) is 0 Å². The number of ketones is 1. The van der Waals surface area contributed by atoms with Crippen LogP contribution in [0.3, 0.4) is 0 Å². The van der Waals surface area contributed by atoms with Crippen molar-refractivity contribution in [2.45, 2.75) is 8.67 Å². The summed E-state index contributed by atoms with van der Waals surface area (Å²) in [6, 6.07) is 15.9. The Labute approximate surface area is 202 Å². The molecule has 1 radical (unpaired) electrons. The first kappa shape index (κ1) is 22.0. The molecule has 0 spiro atoms. The van der Waals surface area contributed by atoms with E-state index in [9.17, 15) is 9.59 Å². The number of alkyl halides is 4. The van der Waals surface area contributed by atoms with Gasteiger partial charge in [-0.1, -0.05) is 112 Å². The quantitative estimate of drug-likeness (QED) is 0.265. The Balaban J connectivity index is 1.92. The van der Waals surface area contributed by atoms with Gasteiger partial charge < -0.3 is 0 Å². The van der Waals surface area contributed by atoms with E-state index in [4.69, 9.17) is 69.6 Å². The molecule has 0 aromatic heterocycles. The van der Waals surface area contributed by atoms with Crippen molar-refractivity contribution in [1.29, 1.82) is 0 Å². The summed E-state index contributed by atoms with van der Waals surface area (Å²) >= 11 is 38.3. The lowest BCUT2D eigenvalue weighted by Crippen LogP contribution is -2.39. The first-order chi connectivity index (χ1) is 14.1. The van der Waals surface area contributed by atoms with Crippen LogP contribution in [0, 0.1) is 0 Å². The van der Waals surface area contributed by atoms with Gasteiger partial charge in [-0.05, 0) is 28.5 Å². The Morgan fingerprint density at radius 1 is 0.833 bits per heavy atom. The Morgan fingerprint density at radius 3 is 2.17 bits per heavy atom. The second-order valence-corrected chi connectivity index (χ2v) is 10.1. The molecular weight excluding hydrogens is 509 g/mol. The zero-order valence-electron chi connectivity index (χ0n) is 14.8. The van der Waals surface area contributed by atoms with Gasteiger partial charge in [-0.25, -0.2) is 0 Å². The van der Waals surface area contributed by atoms with Crippen LogP contribution >= 0.6 is 69.6 Å². The molecule has 0 heterocycles. The van der Waals surface area contributed by atoms with Gasteiger partial charge in [-0.2, -0.15) is 0 Å². The predicted octanol–water partition coefficient (Wildman–Crippen LogP) is 7.60. The topological polar surface area (TPSA) is 34.1 Å². The average Bonchev–Trinajstić information content (AvgIpc) is 2.72. The summed E-state index contributed by atoms with van der Waals surface area (Å²) in [4.78, 5) is 24.8. The summed E-state index contributed by atoms with van der Waals surface area (Å²) in [6.45, 7) is 0. The van der Waals surface area contributed by atoms with Crippen molar-refractivity contribution in [3.8, 4) is 0 Å². The molecule has 8 heteroatoms. The van der Waals surface area contributed by atoms with Crippen molar-refractivity contribution in [3.05, 3.63) is 86.9 Å². The van der Waals surface area contributed by atoms with E-state index in [1.165, 1.54) is 12.1 Å². The lowest BCUT2D eigenvalue weighted by molar-refractivity contribution is 0.103. The van der Waals surface area contributed by atoms with E-state index < -0.39 is 8.67 Å². The molecule has 0 amide bonds. The summed E-state index contributed by atoms with van der Waals surface area (Å²) in [5.74, 6) is -0.357. The van der Waals surface area contributed by atoms with Crippen LogP contribution in [0.4, 0.5) is 0 Å². The van der Waals surface area contributed by atoms with Crippen LogP contribution in [0.25, 0.3) is 16.3 Å². The SMILES string of the molecule is O=[C]C1=C(Cl)C(Cl)(Cl)C(Cl)(Cl)c2c1ccc(C(=O)c1ccc3ccccc3c1)c2Cl. The molecule has 1 aliphatic carbocycles. The zero-order valence-corrected chi connectivity index (χ0v) is 19.3. The highest BCUT2D eigenvalue weighted by molar-refractivity contribution is 6.68. The summed E-state index contributed by atoms with van der Waals surface area (Å²) < 4.78 is -4.11. The average molecular weight is 518 g/mol. The minimum atomic E-state index is -2.08. The maximum absolute atomic E-state index is 13.2. The first-order valence-corrected chi connectivity index (χ1v) is 10.8. The van der Waals surface area contributed by atoms with Gasteiger partial charge in [0.05, 0.1) is 15.6 Å².